The first kappa shape index (κ1) is 17.0. The van der Waals surface area contributed by atoms with Crippen molar-refractivity contribution in [2.24, 2.45) is 0 Å². The van der Waals surface area contributed by atoms with Gasteiger partial charge in [0.25, 0.3) is 0 Å². The van der Waals surface area contributed by atoms with Gasteiger partial charge in [0.2, 0.25) is 0 Å². The Morgan fingerprint density at radius 2 is 1.04 bits per heavy atom. The lowest BCUT2D eigenvalue weighted by atomic mass is 9.96. The molecule has 3 aromatic carbocycles. The van der Waals surface area contributed by atoms with Crippen LogP contribution in [0.3, 0.4) is 0 Å². The molecule has 0 spiro atoms. The minimum absolute atomic E-state index is 1.05. The van der Waals surface area contributed by atoms with E-state index in [1.54, 1.807) is 0 Å². The number of hydrogen-bond acceptors (Lipinski definition) is 3. The van der Waals surface area contributed by atoms with Crippen LogP contribution in [0, 0.1) is 0 Å². The normalized spacial score (nSPS) is 11.1. The van der Waals surface area contributed by atoms with E-state index in [2.05, 4.69) is 66.7 Å². The third-order valence-corrected chi connectivity index (χ3v) is 3.65. The van der Waals surface area contributed by atoms with Crippen LogP contribution in [0.5, 0.6) is 0 Å². The van der Waals surface area contributed by atoms with E-state index in [9.17, 15) is 0 Å². The Bertz CT molecular complexity index is 1060. The van der Waals surface area contributed by atoms with Gasteiger partial charge < -0.3 is 0 Å². The molecule has 0 fully saturated rings. The summed E-state index contributed by atoms with van der Waals surface area (Å²) >= 11 is 0. The third kappa shape index (κ3) is 4.19. The molecular weight excluding hydrogens is 338 g/mol. The topological polar surface area (TPSA) is 87.5 Å². The van der Waals surface area contributed by atoms with E-state index in [-0.39, 0.29) is 0 Å². The van der Waals surface area contributed by atoms with Crippen molar-refractivity contribution >= 4 is 32.2 Å². The van der Waals surface area contributed by atoms with Gasteiger partial charge in [0, 0.05) is 16.3 Å². The summed E-state index contributed by atoms with van der Waals surface area (Å²) in [6.45, 7) is 0. The summed E-state index contributed by atoms with van der Waals surface area (Å²) in [5.41, 5.74) is 4.60. The van der Waals surface area contributed by atoms with Crippen LogP contribution >= 0.6 is 0 Å². The van der Waals surface area contributed by atoms with Crippen LogP contribution in [0.25, 0.3) is 32.9 Å². The van der Waals surface area contributed by atoms with Crippen LogP contribution in [0.15, 0.2) is 78.9 Å². The van der Waals surface area contributed by atoms with Gasteiger partial charge in [-0.3, -0.25) is 9.11 Å². The number of aromatic nitrogens is 1. The van der Waals surface area contributed by atoms with Crippen LogP contribution in [-0.4, -0.2) is 22.5 Å². The lowest BCUT2D eigenvalue weighted by Gasteiger charge is -2.10. The van der Waals surface area contributed by atoms with Gasteiger partial charge in [0.1, 0.15) is 0 Å². The fraction of sp³-hybridized carbons (Fsp3) is 0. The number of benzene rings is 3. The third-order valence-electron chi connectivity index (χ3n) is 3.65. The van der Waals surface area contributed by atoms with Crippen molar-refractivity contribution in [3.8, 4) is 11.1 Å². The molecule has 4 aromatic rings. The minimum Gasteiger partial charge on any atom is -0.264 e. The maximum absolute atomic E-state index is 8.74. The summed E-state index contributed by atoms with van der Waals surface area (Å²) in [7, 11) is -4.67. The molecule has 0 aliphatic carbocycles. The summed E-state index contributed by atoms with van der Waals surface area (Å²) in [5.74, 6) is 0. The number of hydrogen-bond donors (Lipinski definition) is 2. The molecular formula is C19H15NO4S. The highest BCUT2D eigenvalue weighted by atomic mass is 32.3. The minimum atomic E-state index is -4.67. The fourth-order valence-electron chi connectivity index (χ4n) is 2.76. The molecule has 1 aromatic heterocycles. The second-order valence-corrected chi connectivity index (χ2v) is 6.23. The molecule has 126 valence electrons. The van der Waals surface area contributed by atoms with Crippen LogP contribution in [-0.2, 0) is 10.4 Å². The summed E-state index contributed by atoms with van der Waals surface area (Å²) in [4.78, 5) is 4.76. The van der Waals surface area contributed by atoms with Gasteiger partial charge in [-0.15, -0.1) is 0 Å². The summed E-state index contributed by atoms with van der Waals surface area (Å²) in [5, 5.41) is 2.41. The first-order valence-electron chi connectivity index (χ1n) is 7.46. The predicted octanol–water partition coefficient (Wildman–Crippen LogP) is 4.40. The molecule has 2 N–H and O–H groups in total. The first-order valence-corrected chi connectivity index (χ1v) is 8.86. The summed E-state index contributed by atoms with van der Waals surface area (Å²) < 4.78 is 31.6. The Kier molecular flexibility index (Phi) is 4.76. The monoisotopic (exact) mass is 353 g/mol. The van der Waals surface area contributed by atoms with Gasteiger partial charge in [0.05, 0.1) is 11.0 Å². The highest BCUT2D eigenvalue weighted by molar-refractivity contribution is 7.79. The van der Waals surface area contributed by atoms with Crippen molar-refractivity contribution in [1.82, 2.24) is 4.98 Å². The number of para-hydroxylation sites is 2. The quantitative estimate of drug-likeness (QED) is 0.391. The second-order valence-electron chi connectivity index (χ2n) is 5.33. The molecule has 0 atom stereocenters. The highest BCUT2D eigenvalue weighted by Gasteiger charge is 2.09. The van der Waals surface area contributed by atoms with E-state index >= 15 is 0 Å². The Labute approximate surface area is 145 Å². The largest absolute Gasteiger partial charge is 0.394 e. The lowest BCUT2D eigenvalue weighted by Crippen LogP contribution is -1.89. The molecule has 0 unspecified atom stereocenters. The van der Waals surface area contributed by atoms with E-state index in [4.69, 9.17) is 22.5 Å². The maximum atomic E-state index is 8.74. The number of fused-ring (bicyclic) bond motifs is 2. The molecule has 25 heavy (non-hydrogen) atoms. The van der Waals surface area contributed by atoms with Gasteiger partial charge in [-0.1, -0.05) is 66.7 Å². The molecule has 0 saturated carbocycles. The van der Waals surface area contributed by atoms with Gasteiger partial charge in [-0.05, 0) is 17.7 Å². The van der Waals surface area contributed by atoms with Crippen molar-refractivity contribution in [3.05, 3.63) is 78.9 Å². The van der Waals surface area contributed by atoms with Crippen LogP contribution < -0.4 is 0 Å². The molecule has 4 rings (SSSR count). The summed E-state index contributed by atoms with van der Waals surface area (Å²) in [6, 6.07) is 27.2. The average molecular weight is 353 g/mol. The van der Waals surface area contributed by atoms with Crippen LogP contribution in [0.4, 0.5) is 0 Å². The van der Waals surface area contributed by atoms with E-state index in [0.717, 1.165) is 11.0 Å². The zero-order valence-corrected chi connectivity index (χ0v) is 13.9. The molecule has 0 radical (unpaired) electrons. The van der Waals surface area contributed by atoms with Gasteiger partial charge in [-0.25, -0.2) is 4.98 Å². The molecule has 0 bridgehead atoms. The van der Waals surface area contributed by atoms with Gasteiger partial charge >= 0.3 is 10.4 Å². The van der Waals surface area contributed by atoms with Crippen LogP contribution in [0.1, 0.15) is 0 Å². The van der Waals surface area contributed by atoms with Crippen molar-refractivity contribution in [1.29, 1.82) is 0 Å². The van der Waals surface area contributed by atoms with Gasteiger partial charge in [-0.2, -0.15) is 8.42 Å². The molecule has 1 heterocycles. The van der Waals surface area contributed by atoms with E-state index in [0.29, 0.717) is 0 Å². The smallest absolute Gasteiger partial charge is 0.264 e. The van der Waals surface area contributed by atoms with E-state index < -0.39 is 10.4 Å². The number of pyridine rings is 1. The number of nitrogens with zero attached hydrogens (tertiary/aromatic N) is 1. The molecule has 0 amide bonds. The predicted molar refractivity (Wildman–Crippen MR) is 98.9 cm³/mol. The first-order chi connectivity index (χ1) is 11.9. The molecule has 0 saturated heterocycles. The van der Waals surface area contributed by atoms with Crippen molar-refractivity contribution < 1.29 is 17.5 Å². The molecule has 0 aliphatic rings. The zero-order valence-electron chi connectivity index (χ0n) is 13.1. The molecule has 5 nitrogen and oxygen atoms in total. The van der Waals surface area contributed by atoms with E-state index in [1.807, 2.05) is 12.1 Å². The Morgan fingerprint density at radius 3 is 1.52 bits per heavy atom. The lowest BCUT2D eigenvalue weighted by molar-refractivity contribution is 0.381. The standard InChI is InChI=1S/C19H13N.H2O4S/c1-2-8-14(9-3-1)19-15-10-4-6-12-17(15)20-18-13-7-5-11-16(18)19;1-5(2,3)4/h1-13H;(H2,1,2,3,4). The maximum Gasteiger partial charge on any atom is 0.394 e. The van der Waals surface area contributed by atoms with Crippen molar-refractivity contribution in [2.45, 2.75) is 0 Å². The Morgan fingerprint density at radius 1 is 0.640 bits per heavy atom. The van der Waals surface area contributed by atoms with E-state index in [1.165, 1.54) is 21.9 Å². The molecule has 0 aliphatic heterocycles. The Balaban J connectivity index is 0.000000324. The number of rotatable bonds is 1. The molecule has 6 heteroatoms. The van der Waals surface area contributed by atoms with Crippen molar-refractivity contribution in [3.63, 3.8) is 0 Å². The SMILES string of the molecule is O=S(=O)(O)O.c1ccc(-c2c3ccccc3nc3ccccc23)cc1. The Hall–Kier alpha value is -2.80. The highest BCUT2D eigenvalue weighted by Crippen LogP contribution is 2.34. The fourth-order valence-corrected chi connectivity index (χ4v) is 2.76. The summed E-state index contributed by atoms with van der Waals surface area (Å²) in [6.07, 6.45) is 0. The average Bonchev–Trinajstić information content (AvgIpc) is 2.59. The second kappa shape index (κ2) is 6.98. The van der Waals surface area contributed by atoms with Crippen molar-refractivity contribution in [2.75, 3.05) is 0 Å². The van der Waals surface area contributed by atoms with Gasteiger partial charge in [0.15, 0.2) is 0 Å². The zero-order chi connectivity index (χ0) is 17.9. The van der Waals surface area contributed by atoms with Crippen LogP contribution in [0.2, 0.25) is 0 Å².